The van der Waals surface area contributed by atoms with E-state index < -0.39 is 0 Å². The van der Waals surface area contributed by atoms with Crippen LogP contribution < -0.4 is 10.6 Å². The molecule has 1 unspecified atom stereocenters. The summed E-state index contributed by atoms with van der Waals surface area (Å²) in [4.78, 5) is 30.4. The van der Waals surface area contributed by atoms with Gasteiger partial charge in [0.05, 0.1) is 5.52 Å². The lowest BCUT2D eigenvalue weighted by molar-refractivity contribution is 0.0895. The van der Waals surface area contributed by atoms with Crippen LogP contribution in [0.25, 0.3) is 15.9 Å². The van der Waals surface area contributed by atoms with E-state index in [1.54, 1.807) is 13.1 Å². The maximum Gasteiger partial charge on any atom is 0.350 e. The zero-order valence-corrected chi connectivity index (χ0v) is 21.8. The van der Waals surface area contributed by atoms with E-state index in [0.29, 0.717) is 34.8 Å². The zero-order valence-electron chi connectivity index (χ0n) is 21.8. The summed E-state index contributed by atoms with van der Waals surface area (Å²) < 4.78 is 1.52. The minimum Gasteiger partial charge on any atom is -0.361 e. The lowest BCUT2D eigenvalue weighted by atomic mass is 9.94. The first-order valence-electron chi connectivity index (χ1n) is 13.4. The van der Waals surface area contributed by atoms with Gasteiger partial charge in [-0.15, -0.1) is 4.98 Å². The van der Waals surface area contributed by atoms with Crippen LogP contribution in [-0.4, -0.2) is 44.6 Å². The van der Waals surface area contributed by atoms with E-state index in [9.17, 15) is 4.79 Å². The van der Waals surface area contributed by atoms with Gasteiger partial charge in [-0.25, -0.2) is 4.79 Å². The molecule has 0 amide bonds. The van der Waals surface area contributed by atoms with Crippen molar-refractivity contribution in [1.82, 2.24) is 19.4 Å². The highest BCUT2D eigenvalue weighted by Gasteiger charge is 2.38. The quantitative estimate of drug-likeness (QED) is 0.409. The summed E-state index contributed by atoms with van der Waals surface area (Å²) >= 11 is 0. The standard InChI is InChI=1S/C29H36N6O/c1-6-22-18-35(28-27-25(33(5)29(36)32-28)15-16-26(30-4)31-27)23(7-2)17-34(22)24(8-3)21-13-11-20(12-14-21)19-9-10-19/h11-16,19,22-24H,6-10,17-18H2,1-3,5H3/t22-,23+,24?/m1/s1. The first kappa shape index (κ1) is 24.5. The number of anilines is 1. The Kier molecular flexibility index (Phi) is 6.81. The lowest BCUT2D eigenvalue weighted by Crippen LogP contribution is -2.59. The van der Waals surface area contributed by atoms with Crippen molar-refractivity contribution in [1.29, 1.82) is 0 Å². The molecule has 3 heterocycles. The molecule has 1 aliphatic heterocycles. The van der Waals surface area contributed by atoms with Crippen molar-refractivity contribution in [3.8, 4) is 0 Å². The number of benzene rings is 1. The summed E-state index contributed by atoms with van der Waals surface area (Å²) in [7, 11) is 1.71. The van der Waals surface area contributed by atoms with Gasteiger partial charge in [-0.05, 0) is 61.3 Å². The molecule has 1 aliphatic carbocycles. The van der Waals surface area contributed by atoms with Crippen LogP contribution in [0.4, 0.5) is 11.6 Å². The van der Waals surface area contributed by atoms with Crippen LogP contribution in [0.5, 0.6) is 0 Å². The predicted octanol–water partition coefficient (Wildman–Crippen LogP) is 5.59. The SMILES string of the molecule is [C-]#[N+]c1ccc2c(n1)c(N1C[C@@H](CC)N(C(CC)c3ccc(C4CC4)cc3)C[C@@H]1CC)nc(=O)n2C. The Morgan fingerprint density at radius 2 is 1.72 bits per heavy atom. The second kappa shape index (κ2) is 10.0. The van der Waals surface area contributed by atoms with Crippen molar-refractivity contribution < 1.29 is 0 Å². The fourth-order valence-corrected chi connectivity index (χ4v) is 5.86. The largest absolute Gasteiger partial charge is 0.361 e. The molecule has 3 aromatic rings. The zero-order chi connectivity index (χ0) is 25.4. The average Bonchev–Trinajstić information content (AvgIpc) is 3.76. The van der Waals surface area contributed by atoms with Crippen molar-refractivity contribution in [2.24, 2.45) is 7.05 Å². The van der Waals surface area contributed by atoms with E-state index in [0.717, 1.165) is 38.3 Å². The van der Waals surface area contributed by atoms with Crippen LogP contribution in [0, 0.1) is 6.57 Å². The Morgan fingerprint density at radius 3 is 2.33 bits per heavy atom. The van der Waals surface area contributed by atoms with Gasteiger partial charge in [0.15, 0.2) is 5.82 Å². The topological polar surface area (TPSA) is 58.6 Å². The maximum atomic E-state index is 12.8. The highest BCUT2D eigenvalue weighted by Crippen LogP contribution is 2.41. The molecule has 1 aromatic carbocycles. The molecule has 7 heteroatoms. The van der Waals surface area contributed by atoms with Gasteiger partial charge in [0, 0.05) is 38.3 Å². The smallest absolute Gasteiger partial charge is 0.350 e. The third-order valence-electron chi connectivity index (χ3n) is 8.15. The van der Waals surface area contributed by atoms with Crippen LogP contribution in [0.1, 0.15) is 76.0 Å². The summed E-state index contributed by atoms with van der Waals surface area (Å²) in [5.41, 5.74) is 3.93. The van der Waals surface area contributed by atoms with Crippen LogP contribution >= 0.6 is 0 Å². The Balaban J connectivity index is 1.51. The van der Waals surface area contributed by atoms with Crippen LogP contribution in [0.3, 0.4) is 0 Å². The molecule has 2 fully saturated rings. The first-order chi connectivity index (χ1) is 17.5. The van der Waals surface area contributed by atoms with E-state index in [-0.39, 0.29) is 11.7 Å². The van der Waals surface area contributed by atoms with Crippen molar-refractivity contribution in [2.45, 2.75) is 76.9 Å². The maximum absolute atomic E-state index is 12.8. The Labute approximate surface area is 213 Å². The van der Waals surface area contributed by atoms with Crippen molar-refractivity contribution >= 4 is 22.7 Å². The molecule has 0 radical (unpaired) electrons. The molecular weight excluding hydrogens is 448 g/mol. The van der Waals surface area contributed by atoms with Crippen molar-refractivity contribution in [3.63, 3.8) is 0 Å². The van der Waals surface area contributed by atoms with Gasteiger partial charge >= 0.3 is 5.69 Å². The van der Waals surface area contributed by atoms with Crippen LogP contribution in [-0.2, 0) is 7.05 Å². The minimum atomic E-state index is -0.289. The number of hydrogen-bond acceptors (Lipinski definition) is 5. The predicted molar refractivity (Wildman–Crippen MR) is 145 cm³/mol. The van der Waals surface area contributed by atoms with Crippen molar-refractivity contribution in [2.75, 3.05) is 18.0 Å². The van der Waals surface area contributed by atoms with Gasteiger partial charge < -0.3 is 9.74 Å². The number of hydrogen-bond donors (Lipinski definition) is 0. The van der Waals surface area contributed by atoms with E-state index in [2.05, 4.69) is 69.6 Å². The Morgan fingerprint density at radius 1 is 1.00 bits per heavy atom. The molecule has 2 aromatic heterocycles. The molecule has 7 nitrogen and oxygen atoms in total. The van der Waals surface area contributed by atoms with Crippen LogP contribution in [0.15, 0.2) is 41.2 Å². The van der Waals surface area contributed by atoms with E-state index in [1.807, 2.05) is 6.07 Å². The molecule has 2 aliphatic rings. The van der Waals surface area contributed by atoms with Gasteiger partial charge in [0.2, 0.25) is 5.52 Å². The molecule has 36 heavy (non-hydrogen) atoms. The minimum absolute atomic E-state index is 0.203. The molecule has 5 rings (SSSR count). The molecule has 0 bridgehead atoms. The first-order valence-corrected chi connectivity index (χ1v) is 13.4. The molecule has 1 saturated heterocycles. The second-order valence-corrected chi connectivity index (χ2v) is 10.3. The van der Waals surface area contributed by atoms with Crippen LogP contribution in [0.2, 0.25) is 0 Å². The number of piperazine rings is 1. The van der Waals surface area contributed by atoms with E-state index >= 15 is 0 Å². The number of fused-ring (bicyclic) bond motifs is 1. The summed E-state index contributed by atoms with van der Waals surface area (Å²) in [5, 5.41) is 0. The fraction of sp³-hybridized carbons (Fsp3) is 0.517. The highest BCUT2D eigenvalue weighted by molar-refractivity contribution is 5.87. The third-order valence-corrected chi connectivity index (χ3v) is 8.15. The monoisotopic (exact) mass is 484 g/mol. The number of aryl methyl sites for hydroxylation is 1. The van der Waals surface area contributed by atoms with Gasteiger partial charge in [0.1, 0.15) is 0 Å². The van der Waals surface area contributed by atoms with Gasteiger partial charge in [0.25, 0.3) is 5.82 Å². The summed E-state index contributed by atoms with van der Waals surface area (Å²) in [6, 6.07) is 13.7. The normalized spacial score (nSPS) is 21.5. The molecule has 0 N–H and O–H groups in total. The average molecular weight is 485 g/mol. The molecule has 0 spiro atoms. The van der Waals surface area contributed by atoms with E-state index in [4.69, 9.17) is 6.57 Å². The second-order valence-electron chi connectivity index (χ2n) is 10.3. The molecule has 3 atom stereocenters. The number of aromatic nitrogens is 3. The molecule has 188 valence electrons. The summed E-state index contributed by atoms with van der Waals surface area (Å²) in [6.45, 7) is 15.9. The van der Waals surface area contributed by atoms with Crippen molar-refractivity contribution in [3.05, 3.63) is 69.4 Å². The Bertz CT molecular complexity index is 1340. The molecule has 1 saturated carbocycles. The molecular formula is C29H36N6O. The third kappa shape index (κ3) is 4.39. The number of rotatable bonds is 7. The number of nitrogens with zero attached hydrogens (tertiary/aromatic N) is 6. The van der Waals surface area contributed by atoms with E-state index in [1.165, 1.54) is 28.5 Å². The summed E-state index contributed by atoms with van der Waals surface area (Å²) in [6.07, 6.45) is 5.65. The Hall–Kier alpha value is -3.24. The number of pyridine rings is 1. The van der Waals surface area contributed by atoms with Gasteiger partial charge in [-0.2, -0.15) is 4.98 Å². The van der Waals surface area contributed by atoms with Gasteiger partial charge in [-0.1, -0.05) is 51.6 Å². The fourth-order valence-electron chi connectivity index (χ4n) is 5.86. The summed E-state index contributed by atoms with van der Waals surface area (Å²) in [5.74, 6) is 1.71. The van der Waals surface area contributed by atoms with Gasteiger partial charge in [-0.3, -0.25) is 9.47 Å². The lowest BCUT2D eigenvalue weighted by Gasteiger charge is -2.49. The highest BCUT2D eigenvalue weighted by atomic mass is 16.1.